The van der Waals surface area contributed by atoms with Gasteiger partial charge >= 0.3 is 12.2 Å². The van der Waals surface area contributed by atoms with Crippen LogP contribution in [-0.4, -0.2) is 12.2 Å². The molecule has 1 N–H and O–H groups in total. The summed E-state index contributed by atoms with van der Waals surface area (Å²) in [5.41, 5.74) is 1.74. The van der Waals surface area contributed by atoms with E-state index in [0.29, 0.717) is 27.2 Å². The van der Waals surface area contributed by atoms with Crippen LogP contribution in [0.2, 0.25) is 10.0 Å². The van der Waals surface area contributed by atoms with Gasteiger partial charge in [0.2, 0.25) is 0 Å². The Morgan fingerprint density at radius 2 is 1.22 bits per heavy atom. The molecule has 0 saturated heterocycles. The number of hydrogen-bond acceptors (Lipinski definition) is 3. The van der Waals surface area contributed by atoms with Gasteiger partial charge in [-0.05, 0) is 67.6 Å². The molecule has 0 saturated carbocycles. The molecule has 0 aliphatic heterocycles. The number of benzene rings is 3. The van der Waals surface area contributed by atoms with Gasteiger partial charge < -0.3 is 14.8 Å². The minimum absolute atomic E-state index is 0.441. The van der Waals surface area contributed by atoms with Gasteiger partial charge in [-0.1, -0.05) is 40.9 Å². The zero-order valence-electron chi connectivity index (χ0n) is 14.5. The van der Waals surface area contributed by atoms with Gasteiger partial charge in [-0.15, -0.1) is 0 Å². The van der Waals surface area contributed by atoms with Crippen molar-refractivity contribution in [3.05, 3.63) is 88.4 Å². The summed E-state index contributed by atoms with van der Waals surface area (Å²) in [5.74, 6) is 0.471. The Bertz CT molecular complexity index is 847. The van der Waals surface area contributed by atoms with Gasteiger partial charge in [0.25, 0.3) is 0 Å². The second kappa shape index (κ2) is 8.80. The number of carbonyl (C=O) groups excluding carboxylic acids is 1. The van der Waals surface area contributed by atoms with Crippen LogP contribution in [0.15, 0.2) is 72.8 Å². The molecule has 6 heteroatoms. The first-order valence-electron chi connectivity index (χ1n) is 8.21. The largest absolute Gasteiger partial charge is 0.446 e. The molecular weight excluding hydrogens is 385 g/mol. The summed E-state index contributed by atoms with van der Waals surface area (Å²) in [4.78, 5) is 12.7. The van der Waals surface area contributed by atoms with Crippen LogP contribution >= 0.6 is 23.2 Å². The Morgan fingerprint density at radius 1 is 0.778 bits per heavy atom. The maximum Gasteiger partial charge on any atom is 0.321 e. The summed E-state index contributed by atoms with van der Waals surface area (Å²) >= 11 is 11.8. The summed E-state index contributed by atoms with van der Waals surface area (Å²) in [7, 11) is 0. The molecule has 3 aromatic rings. The Balaban J connectivity index is 1.78. The molecule has 0 aliphatic carbocycles. The number of anilines is 1. The lowest BCUT2D eigenvalue weighted by atomic mass is 10.2. The van der Waals surface area contributed by atoms with Gasteiger partial charge in [-0.3, -0.25) is 4.79 Å². The summed E-state index contributed by atoms with van der Waals surface area (Å²) < 4.78 is 11.5. The molecule has 0 radical (unpaired) electrons. The third kappa shape index (κ3) is 5.64. The average molecular weight is 402 g/mol. The second-order valence-electron chi connectivity index (χ2n) is 5.83. The fourth-order valence-electron chi connectivity index (χ4n) is 2.24. The summed E-state index contributed by atoms with van der Waals surface area (Å²) in [6.45, 7) is 1.97. The summed E-state index contributed by atoms with van der Waals surface area (Å²) in [5, 5.41) is 3.93. The zero-order chi connectivity index (χ0) is 19.2. The molecule has 0 unspecified atom stereocenters. The Hall–Kier alpha value is -2.69. The van der Waals surface area contributed by atoms with E-state index in [2.05, 4.69) is 5.32 Å². The smallest absolute Gasteiger partial charge is 0.321 e. The molecule has 0 aromatic heterocycles. The SMILES string of the molecule is Cc1ccc(NC(=O)C(Oc2ccc(Cl)cc2)Oc2ccc(Cl)cc2)cc1. The normalized spacial score (nSPS) is 10.5. The van der Waals surface area contributed by atoms with E-state index in [1.165, 1.54) is 0 Å². The van der Waals surface area contributed by atoms with Crippen molar-refractivity contribution in [2.45, 2.75) is 13.2 Å². The predicted octanol–water partition coefficient (Wildman–Crippen LogP) is 5.72. The van der Waals surface area contributed by atoms with Gasteiger partial charge in [0.1, 0.15) is 11.5 Å². The maximum absolute atomic E-state index is 12.7. The zero-order valence-corrected chi connectivity index (χ0v) is 16.0. The van der Waals surface area contributed by atoms with Gasteiger partial charge in [0.15, 0.2) is 0 Å². The topological polar surface area (TPSA) is 47.6 Å². The Morgan fingerprint density at radius 3 is 1.67 bits per heavy atom. The second-order valence-corrected chi connectivity index (χ2v) is 6.70. The lowest BCUT2D eigenvalue weighted by Gasteiger charge is -2.20. The number of nitrogens with one attached hydrogen (secondary N) is 1. The fraction of sp³-hybridized carbons (Fsp3) is 0.0952. The molecule has 27 heavy (non-hydrogen) atoms. The van der Waals surface area contributed by atoms with Gasteiger partial charge in [-0.2, -0.15) is 0 Å². The quantitative estimate of drug-likeness (QED) is 0.536. The lowest BCUT2D eigenvalue weighted by Crippen LogP contribution is -2.38. The summed E-state index contributed by atoms with van der Waals surface area (Å²) in [6.07, 6.45) is -1.20. The van der Waals surface area contributed by atoms with Crippen LogP contribution in [0.3, 0.4) is 0 Å². The molecule has 3 aromatic carbocycles. The molecule has 0 heterocycles. The minimum atomic E-state index is -1.20. The highest BCUT2D eigenvalue weighted by molar-refractivity contribution is 6.30. The predicted molar refractivity (Wildman–Crippen MR) is 108 cm³/mol. The van der Waals surface area contributed by atoms with E-state index in [0.717, 1.165) is 5.56 Å². The van der Waals surface area contributed by atoms with Gasteiger partial charge in [0, 0.05) is 15.7 Å². The van der Waals surface area contributed by atoms with E-state index in [-0.39, 0.29) is 0 Å². The third-order valence-electron chi connectivity index (χ3n) is 3.65. The molecule has 0 bridgehead atoms. The van der Waals surface area contributed by atoms with Crippen molar-refractivity contribution in [2.75, 3.05) is 5.32 Å². The van der Waals surface area contributed by atoms with Crippen LogP contribution in [0.4, 0.5) is 5.69 Å². The highest BCUT2D eigenvalue weighted by Gasteiger charge is 2.23. The molecule has 3 rings (SSSR count). The fourth-order valence-corrected chi connectivity index (χ4v) is 2.49. The first-order valence-corrected chi connectivity index (χ1v) is 8.97. The van der Waals surface area contributed by atoms with E-state index < -0.39 is 12.2 Å². The molecule has 0 spiro atoms. The van der Waals surface area contributed by atoms with E-state index in [9.17, 15) is 4.79 Å². The first-order chi connectivity index (χ1) is 13.0. The Kier molecular flexibility index (Phi) is 6.22. The van der Waals surface area contributed by atoms with E-state index in [1.807, 2.05) is 31.2 Å². The number of halogens is 2. The molecule has 138 valence electrons. The summed E-state index contributed by atoms with van der Waals surface area (Å²) in [6, 6.07) is 20.8. The maximum atomic E-state index is 12.7. The van der Waals surface area contributed by atoms with Crippen molar-refractivity contribution < 1.29 is 14.3 Å². The van der Waals surface area contributed by atoms with Crippen molar-refractivity contribution in [2.24, 2.45) is 0 Å². The van der Waals surface area contributed by atoms with Crippen molar-refractivity contribution in [1.29, 1.82) is 0 Å². The van der Waals surface area contributed by atoms with Crippen molar-refractivity contribution in [3.8, 4) is 11.5 Å². The molecular formula is C21H17Cl2NO3. The van der Waals surface area contributed by atoms with Crippen LogP contribution in [0.5, 0.6) is 11.5 Å². The number of aryl methyl sites for hydroxylation is 1. The standard InChI is InChI=1S/C21H17Cl2NO3/c1-14-2-8-17(9-3-14)24-20(25)21(26-18-10-4-15(22)5-11-18)27-19-12-6-16(23)7-13-19/h2-13,21H,1H3,(H,24,25). The monoisotopic (exact) mass is 401 g/mol. The number of ether oxygens (including phenoxy) is 2. The van der Waals surface area contributed by atoms with Crippen molar-refractivity contribution in [1.82, 2.24) is 0 Å². The van der Waals surface area contributed by atoms with Crippen LogP contribution in [0, 0.1) is 6.92 Å². The number of carbonyl (C=O) groups is 1. The van der Waals surface area contributed by atoms with Crippen LogP contribution in [0.1, 0.15) is 5.56 Å². The van der Waals surface area contributed by atoms with Crippen molar-refractivity contribution >= 4 is 34.8 Å². The lowest BCUT2D eigenvalue weighted by molar-refractivity contribution is -0.134. The van der Waals surface area contributed by atoms with E-state index in [1.54, 1.807) is 48.5 Å². The third-order valence-corrected chi connectivity index (χ3v) is 4.15. The highest BCUT2D eigenvalue weighted by Crippen LogP contribution is 2.21. The molecule has 0 atom stereocenters. The molecule has 1 amide bonds. The van der Waals surface area contributed by atoms with E-state index in [4.69, 9.17) is 32.7 Å². The molecule has 0 aliphatic rings. The average Bonchev–Trinajstić information content (AvgIpc) is 2.66. The Labute approximate surface area is 167 Å². The van der Waals surface area contributed by atoms with Gasteiger partial charge in [-0.25, -0.2) is 0 Å². The number of rotatable bonds is 6. The van der Waals surface area contributed by atoms with Crippen LogP contribution < -0.4 is 14.8 Å². The van der Waals surface area contributed by atoms with Crippen LogP contribution in [0.25, 0.3) is 0 Å². The molecule has 4 nitrogen and oxygen atoms in total. The van der Waals surface area contributed by atoms with Crippen molar-refractivity contribution in [3.63, 3.8) is 0 Å². The number of hydrogen-bond donors (Lipinski definition) is 1. The van der Waals surface area contributed by atoms with E-state index >= 15 is 0 Å². The van der Waals surface area contributed by atoms with Crippen LogP contribution in [-0.2, 0) is 4.79 Å². The van der Waals surface area contributed by atoms with Gasteiger partial charge in [0.05, 0.1) is 0 Å². The molecule has 0 fully saturated rings. The number of amides is 1. The minimum Gasteiger partial charge on any atom is -0.446 e. The first kappa shape index (κ1) is 19.1. The highest BCUT2D eigenvalue weighted by atomic mass is 35.5.